The van der Waals surface area contributed by atoms with Crippen molar-refractivity contribution in [3.63, 3.8) is 0 Å². The van der Waals surface area contributed by atoms with Gasteiger partial charge in [0.15, 0.2) is 5.13 Å². The monoisotopic (exact) mass is 489 g/mol. The number of benzene rings is 3. The molecule has 178 valence electrons. The summed E-state index contributed by atoms with van der Waals surface area (Å²) in [6, 6.07) is 29.3. The molecule has 9 heteroatoms. The number of hydrogen-bond acceptors (Lipinski definition) is 7. The van der Waals surface area contributed by atoms with Crippen molar-refractivity contribution < 1.29 is 24.9 Å². The standard InChI is InChI=1S/C26H23N3O5S/c30-22(31)16-27-26(34,23(32)33)21-17-35-24(28-21)29-25(18-10-4-1-5-11-18,19-12-6-2-7-13-19)20-14-8-3-9-15-20/h1-15,17,27,34H,16H2,(H,28,29)(H,30,31)(H,32,33). The van der Waals surface area contributed by atoms with Crippen LogP contribution >= 0.6 is 11.3 Å². The van der Waals surface area contributed by atoms with E-state index in [9.17, 15) is 19.8 Å². The number of carboxylic acid groups (broad SMARTS) is 2. The van der Waals surface area contributed by atoms with Crippen LogP contribution in [0.3, 0.4) is 0 Å². The number of carboxylic acids is 2. The minimum absolute atomic E-state index is 0.221. The van der Waals surface area contributed by atoms with E-state index < -0.39 is 29.7 Å². The highest BCUT2D eigenvalue weighted by molar-refractivity contribution is 7.13. The van der Waals surface area contributed by atoms with E-state index in [0.29, 0.717) is 5.13 Å². The average Bonchev–Trinajstić information content (AvgIpc) is 3.36. The molecule has 3 aromatic carbocycles. The van der Waals surface area contributed by atoms with Gasteiger partial charge in [-0.1, -0.05) is 91.0 Å². The molecule has 0 amide bonds. The van der Waals surface area contributed by atoms with Crippen LogP contribution in [0.5, 0.6) is 0 Å². The Bertz CT molecular complexity index is 1200. The molecule has 0 saturated carbocycles. The van der Waals surface area contributed by atoms with Gasteiger partial charge in [-0.25, -0.2) is 9.78 Å². The Labute approximate surface area is 205 Å². The average molecular weight is 490 g/mol. The van der Waals surface area contributed by atoms with Crippen molar-refractivity contribution in [2.45, 2.75) is 11.3 Å². The SMILES string of the molecule is O=C(O)CNC(O)(C(=O)O)c1csc(NC(c2ccccc2)(c2ccccc2)c2ccccc2)n1. The molecule has 4 aromatic rings. The number of nitrogens with zero attached hydrogens (tertiary/aromatic N) is 1. The molecule has 1 aromatic heterocycles. The fraction of sp³-hybridized carbons (Fsp3) is 0.115. The van der Waals surface area contributed by atoms with Crippen molar-refractivity contribution in [2.24, 2.45) is 0 Å². The third kappa shape index (κ3) is 4.78. The second kappa shape index (κ2) is 10.1. The number of aliphatic hydroxyl groups is 1. The van der Waals surface area contributed by atoms with E-state index >= 15 is 0 Å². The molecule has 1 unspecified atom stereocenters. The third-order valence-electron chi connectivity index (χ3n) is 5.59. The smallest absolute Gasteiger partial charge is 0.358 e. The summed E-state index contributed by atoms with van der Waals surface area (Å²) in [7, 11) is 0. The Morgan fingerprint density at radius 2 is 1.26 bits per heavy atom. The molecule has 0 aliphatic carbocycles. The Kier molecular flexibility index (Phi) is 6.92. The number of aromatic nitrogens is 1. The zero-order chi connectivity index (χ0) is 24.9. The molecule has 4 rings (SSSR count). The molecular weight excluding hydrogens is 466 g/mol. The molecule has 1 heterocycles. The maximum Gasteiger partial charge on any atom is 0.358 e. The molecule has 0 bridgehead atoms. The quantitative estimate of drug-likeness (QED) is 0.169. The highest BCUT2D eigenvalue weighted by atomic mass is 32.1. The van der Waals surface area contributed by atoms with Gasteiger partial charge in [0.1, 0.15) is 11.2 Å². The molecule has 1 atom stereocenters. The Morgan fingerprint density at radius 1 is 0.800 bits per heavy atom. The van der Waals surface area contributed by atoms with Gasteiger partial charge in [-0.05, 0) is 16.7 Å². The van der Waals surface area contributed by atoms with E-state index in [1.54, 1.807) is 0 Å². The van der Waals surface area contributed by atoms with Crippen LogP contribution in [0.25, 0.3) is 0 Å². The van der Waals surface area contributed by atoms with Crippen LogP contribution in [-0.4, -0.2) is 38.8 Å². The van der Waals surface area contributed by atoms with Crippen molar-refractivity contribution in [2.75, 3.05) is 11.9 Å². The van der Waals surface area contributed by atoms with E-state index in [4.69, 9.17) is 5.11 Å². The predicted molar refractivity (Wildman–Crippen MR) is 132 cm³/mol. The van der Waals surface area contributed by atoms with Crippen molar-refractivity contribution in [1.82, 2.24) is 10.3 Å². The molecule has 0 spiro atoms. The first-order chi connectivity index (χ1) is 16.9. The highest BCUT2D eigenvalue weighted by Crippen LogP contribution is 2.41. The van der Waals surface area contributed by atoms with Gasteiger partial charge < -0.3 is 20.6 Å². The van der Waals surface area contributed by atoms with Gasteiger partial charge in [0.2, 0.25) is 0 Å². The lowest BCUT2D eigenvalue weighted by Gasteiger charge is -2.36. The van der Waals surface area contributed by atoms with Crippen molar-refractivity contribution >= 4 is 28.4 Å². The van der Waals surface area contributed by atoms with Gasteiger partial charge in [-0.2, -0.15) is 0 Å². The van der Waals surface area contributed by atoms with Gasteiger partial charge in [0.05, 0.1) is 6.54 Å². The first kappa shape index (κ1) is 24.1. The van der Waals surface area contributed by atoms with E-state index in [1.807, 2.05) is 91.0 Å². The molecule has 0 saturated heterocycles. The number of hydrogen-bond donors (Lipinski definition) is 5. The maximum atomic E-state index is 11.8. The number of anilines is 1. The summed E-state index contributed by atoms with van der Waals surface area (Å²) in [6.45, 7) is -0.759. The lowest BCUT2D eigenvalue weighted by molar-refractivity contribution is -0.165. The lowest BCUT2D eigenvalue weighted by atomic mass is 9.77. The van der Waals surface area contributed by atoms with Crippen molar-refractivity contribution in [3.05, 3.63) is 119 Å². The van der Waals surface area contributed by atoms with E-state index in [0.717, 1.165) is 28.0 Å². The molecule has 35 heavy (non-hydrogen) atoms. The summed E-state index contributed by atoms with van der Waals surface area (Å²) in [5, 5.41) is 36.7. The van der Waals surface area contributed by atoms with Crippen LogP contribution in [0.4, 0.5) is 5.13 Å². The molecule has 0 aliphatic rings. The normalized spacial score (nSPS) is 13.1. The van der Waals surface area contributed by atoms with Crippen molar-refractivity contribution in [3.8, 4) is 0 Å². The zero-order valence-corrected chi connectivity index (χ0v) is 19.3. The fourth-order valence-electron chi connectivity index (χ4n) is 3.92. The second-order valence-corrected chi connectivity index (χ2v) is 8.63. The van der Waals surface area contributed by atoms with E-state index in [2.05, 4.69) is 15.6 Å². The van der Waals surface area contributed by atoms with Gasteiger partial charge in [0.25, 0.3) is 5.72 Å². The Balaban J connectivity index is 1.85. The molecular formula is C26H23N3O5S. The number of aliphatic carboxylic acids is 2. The summed E-state index contributed by atoms with van der Waals surface area (Å²) in [5.41, 5.74) is -1.01. The van der Waals surface area contributed by atoms with Gasteiger partial charge in [-0.15, -0.1) is 11.3 Å². The van der Waals surface area contributed by atoms with Crippen LogP contribution in [0.15, 0.2) is 96.4 Å². The number of nitrogens with one attached hydrogen (secondary N) is 2. The Hall–Kier alpha value is -4.05. The first-order valence-electron chi connectivity index (χ1n) is 10.7. The maximum absolute atomic E-state index is 11.8. The summed E-state index contributed by atoms with van der Waals surface area (Å²) in [5.74, 6) is -2.97. The first-order valence-corrected chi connectivity index (χ1v) is 11.6. The van der Waals surface area contributed by atoms with Crippen LogP contribution in [0.1, 0.15) is 22.4 Å². The Morgan fingerprint density at radius 3 is 1.66 bits per heavy atom. The summed E-state index contributed by atoms with van der Waals surface area (Å²) < 4.78 is 0. The summed E-state index contributed by atoms with van der Waals surface area (Å²) in [6.07, 6.45) is 0. The van der Waals surface area contributed by atoms with E-state index in [-0.39, 0.29) is 5.69 Å². The van der Waals surface area contributed by atoms with Crippen LogP contribution in [0, 0.1) is 0 Å². The minimum atomic E-state index is -2.66. The third-order valence-corrected chi connectivity index (χ3v) is 6.35. The molecule has 0 radical (unpaired) electrons. The topological polar surface area (TPSA) is 132 Å². The van der Waals surface area contributed by atoms with Gasteiger partial charge in [0, 0.05) is 5.38 Å². The predicted octanol–water partition coefficient (Wildman–Crippen LogP) is 3.45. The zero-order valence-electron chi connectivity index (χ0n) is 18.5. The van der Waals surface area contributed by atoms with Crippen LogP contribution in [0.2, 0.25) is 0 Å². The molecule has 5 N–H and O–H groups in total. The van der Waals surface area contributed by atoms with Gasteiger partial charge in [-0.3, -0.25) is 10.1 Å². The molecule has 0 aliphatic heterocycles. The molecule has 8 nitrogen and oxygen atoms in total. The fourth-order valence-corrected chi connectivity index (χ4v) is 4.73. The highest BCUT2D eigenvalue weighted by Gasteiger charge is 2.42. The van der Waals surface area contributed by atoms with Gasteiger partial charge >= 0.3 is 11.9 Å². The summed E-state index contributed by atoms with van der Waals surface area (Å²) in [4.78, 5) is 27.2. The lowest BCUT2D eigenvalue weighted by Crippen LogP contribution is -2.51. The van der Waals surface area contributed by atoms with Crippen LogP contribution in [-0.2, 0) is 20.9 Å². The van der Waals surface area contributed by atoms with Crippen molar-refractivity contribution in [1.29, 1.82) is 0 Å². The minimum Gasteiger partial charge on any atom is -0.480 e. The molecule has 0 fully saturated rings. The number of rotatable bonds is 10. The largest absolute Gasteiger partial charge is 0.480 e. The second-order valence-electron chi connectivity index (χ2n) is 7.77. The van der Waals surface area contributed by atoms with E-state index in [1.165, 1.54) is 5.38 Å². The number of carbonyl (C=O) groups is 2. The van der Waals surface area contributed by atoms with Crippen LogP contribution < -0.4 is 10.6 Å². The summed E-state index contributed by atoms with van der Waals surface area (Å²) >= 11 is 1.11. The number of thiazole rings is 1.